The van der Waals surface area contributed by atoms with Gasteiger partial charge in [0.25, 0.3) is 5.56 Å². The fourth-order valence-corrected chi connectivity index (χ4v) is 5.49. The van der Waals surface area contributed by atoms with Crippen molar-refractivity contribution in [3.8, 4) is 22.6 Å². The summed E-state index contributed by atoms with van der Waals surface area (Å²) >= 11 is 0. The Morgan fingerprint density at radius 1 is 1.12 bits per heavy atom. The van der Waals surface area contributed by atoms with Gasteiger partial charge in [-0.15, -0.1) is 0 Å². The molecule has 0 aliphatic heterocycles. The number of hydrogen-bond acceptors (Lipinski definition) is 4. The minimum absolute atomic E-state index is 0.0937. The normalized spacial score (nSPS) is 29.7. The molecule has 5 atom stereocenters. The quantitative estimate of drug-likeness (QED) is 0.339. The molecule has 5 nitrogen and oxygen atoms in total. The number of aromatic amines is 1. The van der Waals surface area contributed by atoms with Crippen molar-refractivity contribution >= 4 is 5.78 Å². The van der Waals surface area contributed by atoms with E-state index in [1.54, 1.807) is 12.1 Å². The molecule has 5 heteroatoms. The highest BCUT2D eigenvalue weighted by Crippen LogP contribution is 2.52. The van der Waals surface area contributed by atoms with Crippen molar-refractivity contribution in [1.82, 2.24) is 4.98 Å². The second kappa shape index (κ2) is 8.45. The smallest absolute Gasteiger partial charge is 0.263 e. The molecule has 3 N–H and O–H groups in total. The van der Waals surface area contributed by atoms with Crippen molar-refractivity contribution in [3.05, 3.63) is 70.7 Å². The van der Waals surface area contributed by atoms with Crippen LogP contribution >= 0.6 is 0 Å². The number of allylic oxidation sites excluding steroid dienone is 4. The number of carbonyl (C=O) groups is 1. The van der Waals surface area contributed by atoms with Crippen LogP contribution in [0.1, 0.15) is 50.4 Å². The average Bonchev–Trinajstić information content (AvgIpc) is 2.76. The van der Waals surface area contributed by atoms with Crippen LogP contribution in [0.2, 0.25) is 0 Å². The lowest BCUT2D eigenvalue weighted by Crippen LogP contribution is -2.41. The second-order valence-electron chi connectivity index (χ2n) is 9.73. The highest BCUT2D eigenvalue weighted by Gasteiger charge is 2.44. The zero-order chi connectivity index (χ0) is 23.0. The summed E-state index contributed by atoms with van der Waals surface area (Å²) in [6.45, 7) is 6.68. The van der Waals surface area contributed by atoms with E-state index in [1.165, 1.54) is 37.2 Å². The molecule has 0 amide bonds. The predicted molar refractivity (Wildman–Crippen MR) is 126 cm³/mol. The second-order valence-corrected chi connectivity index (χ2v) is 9.73. The van der Waals surface area contributed by atoms with E-state index in [0.29, 0.717) is 28.9 Å². The number of H-pyrrole nitrogens is 1. The van der Waals surface area contributed by atoms with Crippen LogP contribution in [0.25, 0.3) is 11.1 Å². The molecule has 2 aliphatic rings. The minimum Gasteiger partial charge on any atom is -0.508 e. The minimum atomic E-state index is -0.620. The molecule has 32 heavy (non-hydrogen) atoms. The Morgan fingerprint density at radius 2 is 1.84 bits per heavy atom. The maximum absolute atomic E-state index is 13.1. The fourth-order valence-electron chi connectivity index (χ4n) is 5.49. The largest absolute Gasteiger partial charge is 0.508 e. The summed E-state index contributed by atoms with van der Waals surface area (Å²) in [5, 5.41) is 20.3. The van der Waals surface area contributed by atoms with Crippen LogP contribution in [0.4, 0.5) is 0 Å². The van der Waals surface area contributed by atoms with Crippen molar-refractivity contribution in [1.29, 1.82) is 0 Å². The van der Waals surface area contributed by atoms with E-state index in [-0.39, 0.29) is 28.4 Å². The van der Waals surface area contributed by atoms with E-state index in [2.05, 4.69) is 37.9 Å². The Labute approximate surface area is 188 Å². The molecule has 0 unspecified atom stereocenters. The van der Waals surface area contributed by atoms with Crippen molar-refractivity contribution < 1.29 is 15.0 Å². The zero-order valence-corrected chi connectivity index (χ0v) is 18.8. The number of hydrogen-bond donors (Lipinski definition) is 3. The van der Waals surface area contributed by atoms with Gasteiger partial charge in [-0.2, -0.15) is 0 Å². The Kier molecular flexibility index (Phi) is 5.85. The highest BCUT2D eigenvalue weighted by atomic mass is 16.3. The average molecular weight is 434 g/mol. The predicted octanol–water partition coefficient (Wildman–Crippen LogP) is 5.46. The number of carbonyl (C=O) groups excluding carboxylic acids is 1. The number of aromatic hydroxyl groups is 2. The van der Waals surface area contributed by atoms with Crippen LogP contribution < -0.4 is 5.56 Å². The number of pyridine rings is 1. The first-order chi connectivity index (χ1) is 15.2. The molecule has 0 radical (unpaired) electrons. The van der Waals surface area contributed by atoms with E-state index < -0.39 is 11.3 Å². The van der Waals surface area contributed by atoms with Gasteiger partial charge in [0, 0.05) is 11.8 Å². The van der Waals surface area contributed by atoms with Crippen molar-refractivity contribution in [2.45, 2.75) is 40.0 Å². The number of phenolic OH excluding ortho intramolecular Hbond substituents is 1. The molecule has 0 saturated heterocycles. The summed E-state index contributed by atoms with van der Waals surface area (Å²) in [5.41, 5.74) is -0.143. The number of ketones is 1. The molecule has 1 fully saturated rings. The van der Waals surface area contributed by atoms with Gasteiger partial charge in [0.05, 0.1) is 0 Å². The van der Waals surface area contributed by atoms with Gasteiger partial charge in [-0.05, 0) is 65.7 Å². The summed E-state index contributed by atoms with van der Waals surface area (Å²) in [7, 11) is 0. The van der Waals surface area contributed by atoms with Crippen molar-refractivity contribution in [3.63, 3.8) is 0 Å². The number of nitrogens with one attached hydrogen (secondary N) is 1. The van der Waals surface area contributed by atoms with Crippen LogP contribution in [0.3, 0.4) is 0 Å². The molecule has 0 bridgehead atoms. The topological polar surface area (TPSA) is 90.4 Å². The number of fused-ring (bicyclic) bond motifs is 1. The molecule has 168 valence electrons. The van der Waals surface area contributed by atoms with Gasteiger partial charge >= 0.3 is 0 Å². The van der Waals surface area contributed by atoms with E-state index in [0.717, 1.165) is 6.42 Å². The standard InChI is InChI=1S/C27H31NO4/c1-16-4-11-22-19(14-16)6-5-17(2)27(22,3)13-12-23(30)24-25(31)21(15-28-26(24)32)18-7-9-20(29)10-8-18/h5-10,12-13,15-17,19,22,29H,4,11,14H2,1-3H3,(H2,28,31,32)/b13-12+/t16-,17-,19-,22-,27-/m0/s1. The molecule has 1 aromatic carbocycles. The third-order valence-corrected chi connectivity index (χ3v) is 7.67. The summed E-state index contributed by atoms with van der Waals surface area (Å²) in [6, 6.07) is 6.21. The molecule has 1 heterocycles. The molecule has 4 rings (SSSR count). The van der Waals surface area contributed by atoms with Crippen molar-refractivity contribution in [2.75, 3.05) is 0 Å². The van der Waals surface area contributed by atoms with Gasteiger partial charge < -0.3 is 15.2 Å². The van der Waals surface area contributed by atoms with Crippen LogP contribution in [-0.4, -0.2) is 21.0 Å². The van der Waals surface area contributed by atoms with Gasteiger partial charge in [-0.25, -0.2) is 0 Å². The van der Waals surface area contributed by atoms with Crippen LogP contribution in [0.5, 0.6) is 11.5 Å². The van der Waals surface area contributed by atoms with Crippen LogP contribution in [0.15, 0.2) is 59.6 Å². The van der Waals surface area contributed by atoms with Gasteiger partial charge in [-0.3, -0.25) is 9.59 Å². The maximum Gasteiger partial charge on any atom is 0.263 e. The van der Waals surface area contributed by atoms with Crippen molar-refractivity contribution in [2.24, 2.45) is 29.1 Å². The Morgan fingerprint density at radius 3 is 2.56 bits per heavy atom. The van der Waals surface area contributed by atoms with Gasteiger partial charge in [0.2, 0.25) is 0 Å². The zero-order valence-electron chi connectivity index (χ0n) is 18.8. The molecule has 1 aromatic heterocycles. The summed E-state index contributed by atoms with van der Waals surface area (Å²) in [6.07, 6.45) is 12.9. The lowest BCUT2D eigenvalue weighted by atomic mass is 9.55. The Hall–Kier alpha value is -3.08. The van der Waals surface area contributed by atoms with E-state index in [4.69, 9.17) is 0 Å². The van der Waals surface area contributed by atoms with Crippen LogP contribution in [0, 0.1) is 29.1 Å². The first-order valence-corrected chi connectivity index (χ1v) is 11.4. The van der Waals surface area contributed by atoms with E-state index in [9.17, 15) is 19.8 Å². The Balaban J connectivity index is 1.66. The molecular weight excluding hydrogens is 402 g/mol. The third-order valence-electron chi connectivity index (χ3n) is 7.67. The maximum atomic E-state index is 13.1. The van der Waals surface area contributed by atoms with E-state index >= 15 is 0 Å². The number of benzene rings is 1. The monoisotopic (exact) mass is 433 g/mol. The first-order valence-electron chi connectivity index (χ1n) is 11.4. The fraction of sp³-hybridized carbons (Fsp3) is 0.407. The summed E-state index contributed by atoms with van der Waals surface area (Å²) in [5.74, 6) is 1.19. The summed E-state index contributed by atoms with van der Waals surface area (Å²) in [4.78, 5) is 28.1. The lowest BCUT2D eigenvalue weighted by Gasteiger charge is -2.49. The molecule has 2 aliphatic carbocycles. The molecule has 0 spiro atoms. The van der Waals surface area contributed by atoms with Gasteiger partial charge in [0.1, 0.15) is 17.1 Å². The van der Waals surface area contributed by atoms with Gasteiger partial charge in [-0.1, -0.05) is 57.6 Å². The van der Waals surface area contributed by atoms with Crippen LogP contribution in [-0.2, 0) is 0 Å². The lowest BCUT2D eigenvalue weighted by molar-refractivity contribution is 0.0770. The summed E-state index contributed by atoms with van der Waals surface area (Å²) < 4.78 is 0. The molecular formula is C27H31NO4. The van der Waals surface area contributed by atoms with Gasteiger partial charge in [0.15, 0.2) is 5.78 Å². The molecule has 1 saturated carbocycles. The number of aromatic nitrogens is 1. The highest BCUT2D eigenvalue weighted by molar-refractivity contribution is 6.07. The van der Waals surface area contributed by atoms with E-state index in [1.807, 2.05) is 6.08 Å². The molecule has 2 aromatic rings. The Bertz CT molecular complexity index is 1130. The first kappa shape index (κ1) is 22.1. The number of phenols is 1. The SMILES string of the molecule is C[C@H]1CC[C@H]2[C@@H](C=C[C@H](C)[C@]2(C)/C=C/C(=O)c2c(O)c(-c3ccc(O)cc3)c[nH]c2=O)C1. The third kappa shape index (κ3) is 3.92. The number of rotatable bonds is 4.